The molecule has 0 aliphatic carbocycles. The summed E-state index contributed by atoms with van der Waals surface area (Å²) in [6.45, 7) is -1.13. The number of carbonyl (C=O) groups is 2. The van der Waals surface area contributed by atoms with Crippen molar-refractivity contribution in [1.82, 2.24) is 20.2 Å². The van der Waals surface area contributed by atoms with E-state index in [0.29, 0.717) is 30.9 Å². The minimum Gasteiger partial charge on any atom is -0.367 e. The Morgan fingerprint density at radius 2 is 1.86 bits per heavy atom. The van der Waals surface area contributed by atoms with Crippen molar-refractivity contribution in [3.8, 4) is 0 Å². The molecule has 2 amide bonds. The normalized spacial score (nSPS) is 14.7. The number of rotatable bonds is 5. The summed E-state index contributed by atoms with van der Waals surface area (Å²) in [6.07, 6.45) is 3.98. The van der Waals surface area contributed by atoms with Crippen LogP contribution in [0.4, 0.5) is 14.5 Å². The van der Waals surface area contributed by atoms with Crippen molar-refractivity contribution in [2.75, 3.05) is 31.1 Å². The Labute approximate surface area is 159 Å². The van der Waals surface area contributed by atoms with Gasteiger partial charge in [0.2, 0.25) is 0 Å². The zero-order chi connectivity index (χ0) is 20.1. The highest BCUT2D eigenvalue weighted by molar-refractivity contribution is 5.93. The van der Waals surface area contributed by atoms with Gasteiger partial charge in [-0.15, -0.1) is 0 Å². The van der Waals surface area contributed by atoms with E-state index in [0.717, 1.165) is 11.3 Å². The van der Waals surface area contributed by atoms with Crippen molar-refractivity contribution in [2.24, 2.45) is 0 Å². The number of anilines is 1. The van der Waals surface area contributed by atoms with Crippen LogP contribution in [-0.4, -0.2) is 57.9 Å². The standard InChI is InChI=1S/C18H19F2N5O3/c19-18(20)25-15(7-8-21-25)17(27)24-11-9-23(10-12-24)14-4-2-1-3-13(14)5-6-16(26)22-28/h1-8,18,28H,9-12H2,(H,22,26)/b6-5+. The van der Waals surface area contributed by atoms with Crippen LogP contribution in [0.2, 0.25) is 0 Å². The predicted octanol–water partition coefficient (Wildman–Crippen LogP) is 1.76. The van der Waals surface area contributed by atoms with Gasteiger partial charge in [0.15, 0.2) is 0 Å². The molecule has 0 spiro atoms. The number of amides is 2. The van der Waals surface area contributed by atoms with Crippen LogP contribution < -0.4 is 10.4 Å². The number of hydrogen-bond acceptors (Lipinski definition) is 5. The number of benzene rings is 1. The SMILES string of the molecule is O=C(/C=C/c1ccccc1N1CCN(C(=O)c2ccnn2C(F)F)CC1)NO. The number of para-hydroxylation sites is 1. The molecule has 1 aliphatic rings. The first-order chi connectivity index (χ1) is 13.5. The van der Waals surface area contributed by atoms with Gasteiger partial charge in [0.05, 0.1) is 0 Å². The molecule has 8 nitrogen and oxygen atoms in total. The van der Waals surface area contributed by atoms with E-state index in [2.05, 4.69) is 5.10 Å². The Kier molecular flexibility index (Phi) is 5.99. The number of piperazine rings is 1. The van der Waals surface area contributed by atoms with E-state index >= 15 is 0 Å². The summed E-state index contributed by atoms with van der Waals surface area (Å²) in [5.74, 6) is -1.12. The van der Waals surface area contributed by atoms with Crippen LogP contribution in [0.3, 0.4) is 0 Å². The Bertz CT molecular complexity index is 876. The number of hydrogen-bond donors (Lipinski definition) is 2. The van der Waals surface area contributed by atoms with Crippen LogP contribution in [-0.2, 0) is 4.79 Å². The van der Waals surface area contributed by atoms with Crippen molar-refractivity contribution in [3.63, 3.8) is 0 Å². The maximum atomic E-state index is 12.9. The monoisotopic (exact) mass is 391 g/mol. The molecule has 0 bridgehead atoms. The van der Waals surface area contributed by atoms with Crippen LogP contribution >= 0.6 is 0 Å². The quantitative estimate of drug-likeness (QED) is 0.461. The Morgan fingerprint density at radius 1 is 1.14 bits per heavy atom. The first-order valence-corrected chi connectivity index (χ1v) is 8.58. The van der Waals surface area contributed by atoms with Gasteiger partial charge < -0.3 is 9.80 Å². The largest absolute Gasteiger partial charge is 0.367 e. The van der Waals surface area contributed by atoms with Gasteiger partial charge in [-0.2, -0.15) is 18.6 Å². The summed E-state index contributed by atoms with van der Waals surface area (Å²) in [6, 6.07) is 8.69. The smallest absolute Gasteiger partial charge is 0.333 e. The summed E-state index contributed by atoms with van der Waals surface area (Å²) in [5, 5.41) is 12.1. The number of alkyl halides is 2. The van der Waals surface area contributed by atoms with Crippen molar-refractivity contribution in [2.45, 2.75) is 6.55 Å². The number of aromatic nitrogens is 2. The molecule has 10 heteroatoms. The Hall–Kier alpha value is -3.27. The zero-order valence-electron chi connectivity index (χ0n) is 14.8. The average molecular weight is 391 g/mol. The lowest BCUT2D eigenvalue weighted by Crippen LogP contribution is -2.49. The van der Waals surface area contributed by atoms with E-state index in [1.54, 1.807) is 6.08 Å². The molecule has 0 unspecified atom stereocenters. The number of halogens is 2. The zero-order valence-corrected chi connectivity index (χ0v) is 14.8. The second kappa shape index (κ2) is 8.61. The van der Waals surface area contributed by atoms with Crippen LogP contribution in [0.1, 0.15) is 22.6 Å². The van der Waals surface area contributed by atoms with Crippen molar-refractivity contribution >= 4 is 23.6 Å². The summed E-state index contributed by atoms with van der Waals surface area (Å²) in [7, 11) is 0. The maximum absolute atomic E-state index is 12.9. The third-order valence-electron chi connectivity index (χ3n) is 4.44. The molecule has 3 rings (SSSR count). The molecule has 2 N–H and O–H groups in total. The molecular weight excluding hydrogens is 372 g/mol. The van der Waals surface area contributed by atoms with Gasteiger partial charge in [-0.25, -0.2) is 5.48 Å². The molecule has 1 aromatic heterocycles. The Balaban J connectivity index is 1.69. The lowest BCUT2D eigenvalue weighted by molar-refractivity contribution is -0.124. The highest BCUT2D eigenvalue weighted by Crippen LogP contribution is 2.24. The summed E-state index contributed by atoms with van der Waals surface area (Å²) in [4.78, 5) is 27.3. The average Bonchev–Trinajstić information content (AvgIpc) is 3.22. The van der Waals surface area contributed by atoms with Gasteiger partial charge in [0, 0.05) is 44.1 Å². The first kappa shape index (κ1) is 19.5. The van der Waals surface area contributed by atoms with E-state index in [1.807, 2.05) is 29.2 Å². The molecule has 28 heavy (non-hydrogen) atoms. The molecular formula is C18H19F2N5O3. The van der Waals surface area contributed by atoms with Gasteiger partial charge in [0.1, 0.15) is 5.69 Å². The summed E-state index contributed by atoms with van der Waals surface area (Å²) in [5.41, 5.74) is 3.05. The molecule has 2 heterocycles. The highest BCUT2D eigenvalue weighted by Gasteiger charge is 2.26. The third kappa shape index (κ3) is 4.17. The summed E-state index contributed by atoms with van der Waals surface area (Å²) < 4.78 is 26.3. The van der Waals surface area contributed by atoms with Crippen molar-refractivity contribution < 1.29 is 23.6 Å². The van der Waals surface area contributed by atoms with Crippen LogP contribution in [0, 0.1) is 0 Å². The highest BCUT2D eigenvalue weighted by atomic mass is 19.3. The first-order valence-electron chi connectivity index (χ1n) is 8.58. The van der Waals surface area contributed by atoms with Crippen molar-refractivity contribution in [1.29, 1.82) is 0 Å². The van der Waals surface area contributed by atoms with E-state index in [-0.39, 0.29) is 5.69 Å². The molecule has 0 saturated carbocycles. The molecule has 1 aliphatic heterocycles. The number of carbonyl (C=O) groups excluding carboxylic acids is 2. The fourth-order valence-electron chi connectivity index (χ4n) is 3.07. The molecule has 1 aromatic carbocycles. The second-order valence-electron chi connectivity index (χ2n) is 6.09. The molecule has 0 radical (unpaired) electrons. The fraction of sp³-hybridized carbons (Fsp3) is 0.278. The summed E-state index contributed by atoms with van der Waals surface area (Å²) >= 11 is 0. The van der Waals surface area contributed by atoms with E-state index in [9.17, 15) is 18.4 Å². The number of hydroxylamine groups is 1. The van der Waals surface area contributed by atoms with E-state index in [1.165, 1.54) is 28.7 Å². The van der Waals surface area contributed by atoms with Gasteiger partial charge >= 0.3 is 6.55 Å². The van der Waals surface area contributed by atoms with Gasteiger partial charge in [-0.05, 0) is 23.8 Å². The molecule has 148 valence electrons. The van der Waals surface area contributed by atoms with Gasteiger partial charge in [0.25, 0.3) is 11.8 Å². The molecule has 1 saturated heterocycles. The maximum Gasteiger partial charge on any atom is 0.333 e. The minimum absolute atomic E-state index is 0.137. The van der Waals surface area contributed by atoms with E-state index in [4.69, 9.17) is 5.21 Å². The van der Waals surface area contributed by atoms with Gasteiger partial charge in [-0.3, -0.25) is 14.8 Å². The lowest BCUT2D eigenvalue weighted by Gasteiger charge is -2.36. The fourth-order valence-corrected chi connectivity index (χ4v) is 3.07. The van der Waals surface area contributed by atoms with E-state index < -0.39 is 18.4 Å². The topological polar surface area (TPSA) is 90.7 Å². The number of nitrogens with one attached hydrogen (secondary N) is 1. The molecule has 1 fully saturated rings. The minimum atomic E-state index is -2.87. The molecule has 0 atom stereocenters. The molecule has 2 aromatic rings. The van der Waals surface area contributed by atoms with Gasteiger partial charge in [-0.1, -0.05) is 18.2 Å². The number of nitrogens with zero attached hydrogens (tertiary/aromatic N) is 4. The van der Waals surface area contributed by atoms with Crippen LogP contribution in [0.25, 0.3) is 6.08 Å². The Morgan fingerprint density at radius 3 is 2.54 bits per heavy atom. The van der Waals surface area contributed by atoms with Crippen LogP contribution in [0.5, 0.6) is 0 Å². The second-order valence-corrected chi connectivity index (χ2v) is 6.09. The third-order valence-corrected chi connectivity index (χ3v) is 4.44. The van der Waals surface area contributed by atoms with Crippen molar-refractivity contribution in [3.05, 3.63) is 53.9 Å². The van der Waals surface area contributed by atoms with Crippen LogP contribution in [0.15, 0.2) is 42.6 Å². The lowest BCUT2D eigenvalue weighted by atomic mass is 10.1. The predicted molar refractivity (Wildman–Crippen MR) is 97.0 cm³/mol.